The molecule has 0 radical (unpaired) electrons. The lowest BCUT2D eigenvalue weighted by molar-refractivity contribution is -0.888. The Kier molecular flexibility index (Phi) is 10.9. The molecule has 2 fully saturated rings. The van der Waals surface area contributed by atoms with Gasteiger partial charge in [0.05, 0.1) is 25.8 Å². The predicted octanol–water partition coefficient (Wildman–Crippen LogP) is 2.23. The number of benzene rings is 1. The minimum Gasteiger partial charge on any atom is -0.633 e. The van der Waals surface area contributed by atoms with Crippen molar-refractivity contribution in [3.05, 3.63) is 59.6 Å². The molecule has 5 rings (SSSR count). The molecule has 2 saturated heterocycles. The number of Topliss-reactive ketones (excluding diaryl/α,β-unsaturated/α-hetero) is 1. The van der Waals surface area contributed by atoms with Gasteiger partial charge in [0, 0.05) is 18.1 Å². The third-order valence-electron chi connectivity index (χ3n) is 8.27. The Morgan fingerprint density at radius 3 is 2.68 bits per heavy atom. The van der Waals surface area contributed by atoms with E-state index in [1.165, 1.54) is 12.3 Å². The van der Waals surface area contributed by atoms with E-state index in [1.54, 1.807) is 36.4 Å². The fourth-order valence-corrected chi connectivity index (χ4v) is 7.02. The van der Waals surface area contributed by atoms with E-state index in [9.17, 15) is 28.0 Å². The summed E-state index contributed by atoms with van der Waals surface area (Å²) in [5.41, 5.74) is 0.446. The van der Waals surface area contributed by atoms with Gasteiger partial charge >= 0.3 is 0 Å². The zero-order valence-electron chi connectivity index (χ0n) is 26.6. The van der Waals surface area contributed by atoms with Crippen molar-refractivity contribution in [1.82, 2.24) is 19.9 Å². The number of sulfonamides is 1. The molecule has 0 spiro atoms. The lowest BCUT2D eigenvalue weighted by atomic mass is 10.0. The number of ketones is 1. The van der Waals surface area contributed by atoms with Crippen LogP contribution >= 0.6 is 0 Å². The first-order valence-corrected chi connectivity index (χ1v) is 17.2. The molecule has 0 bridgehead atoms. The van der Waals surface area contributed by atoms with Gasteiger partial charge in [0.25, 0.3) is 15.9 Å². The van der Waals surface area contributed by atoms with Crippen LogP contribution in [0, 0.1) is 11.1 Å². The van der Waals surface area contributed by atoms with Gasteiger partial charge in [-0.15, -0.1) is 0 Å². The van der Waals surface area contributed by atoms with E-state index >= 15 is 0 Å². The number of morpholine rings is 1. The van der Waals surface area contributed by atoms with Gasteiger partial charge in [0.1, 0.15) is 43.6 Å². The van der Waals surface area contributed by atoms with Crippen molar-refractivity contribution in [3.63, 3.8) is 0 Å². The number of rotatable bonds is 12. The number of pyridine rings is 1. The normalized spacial score (nSPS) is 19.7. The smallest absolute Gasteiger partial charge is 0.287 e. The van der Waals surface area contributed by atoms with Gasteiger partial charge < -0.3 is 34.4 Å². The number of ether oxygens (including phenoxy) is 2. The largest absolute Gasteiger partial charge is 0.633 e. The van der Waals surface area contributed by atoms with Gasteiger partial charge in [-0.2, -0.15) is 4.31 Å². The molecule has 0 saturated carbocycles. The number of carbonyl (C=O) groups is 3. The molecule has 14 nitrogen and oxygen atoms in total. The highest BCUT2D eigenvalue weighted by atomic mass is 32.2. The molecular weight excluding hydrogens is 630 g/mol. The number of aromatic nitrogens is 1. The number of nitrogens with zero attached hydrogens (tertiary/aromatic N) is 3. The average molecular weight is 672 g/mol. The zero-order valence-corrected chi connectivity index (χ0v) is 27.4. The van der Waals surface area contributed by atoms with Crippen LogP contribution in [0.1, 0.15) is 43.7 Å². The van der Waals surface area contributed by atoms with Crippen LogP contribution in [-0.4, -0.2) is 105 Å². The number of amides is 2. The van der Waals surface area contributed by atoms with Gasteiger partial charge in [-0.25, -0.2) is 13.4 Å². The highest BCUT2D eigenvalue weighted by Crippen LogP contribution is 2.25. The Balaban J connectivity index is 1.20. The van der Waals surface area contributed by atoms with Crippen LogP contribution in [0.15, 0.2) is 58.1 Å². The van der Waals surface area contributed by atoms with Crippen LogP contribution in [0.25, 0.3) is 11.0 Å². The number of hydrogen-bond donors (Lipinski definition) is 2. The van der Waals surface area contributed by atoms with E-state index in [0.29, 0.717) is 62.4 Å². The number of quaternary nitrogens is 1. The van der Waals surface area contributed by atoms with Crippen LogP contribution in [0.4, 0.5) is 0 Å². The van der Waals surface area contributed by atoms with Gasteiger partial charge in [-0.05, 0) is 61.6 Å². The fraction of sp³-hybridized carbons (Fsp3) is 0.500. The molecule has 254 valence electrons. The first kappa shape index (κ1) is 34.4. The molecule has 1 aromatic carbocycles. The monoisotopic (exact) mass is 671 g/mol. The maximum Gasteiger partial charge on any atom is 0.287 e. The number of furan rings is 1. The summed E-state index contributed by atoms with van der Waals surface area (Å²) < 4.78 is 43.7. The molecule has 2 atom stereocenters. The molecule has 2 amide bonds. The number of hydroxylamine groups is 3. The highest BCUT2D eigenvalue weighted by molar-refractivity contribution is 7.89. The van der Waals surface area contributed by atoms with E-state index in [2.05, 4.69) is 15.6 Å². The third kappa shape index (κ3) is 8.73. The summed E-state index contributed by atoms with van der Waals surface area (Å²) >= 11 is 0. The van der Waals surface area contributed by atoms with Gasteiger partial charge in [0.2, 0.25) is 5.91 Å². The molecule has 4 heterocycles. The highest BCUT2D eigenvalue weighted by Gasteiger charge is 2.35. The molecule has 47 heavy (non-hydrogen) atoms. The summed E-state index contributed by atoms with van der Waals surface area (Å²) in [5, 5.41) is 18.6. The van der Waals surface area contributed by atoms with Crippen LogP contribution in [0.5, 0.6) is 5.75 Å². The van der Waals surface area contributed by atoms with E-state index in [-0.39, 0.29) is 40.9 Å². The Hall–Kier alpha value is -3.89. The van der Waals surface area contributed by atoms with E-state index in [0.717, 1.165) is 4.31 Å². The van der Waals surface area contributed by atoms with Gasteiger partial charge in [-0.3, -0.25) is 14.4 Å². The number of carbonyl (C=O) groups excluding carboxylic acids is 3. The Bertz CT molecular complexity index is 1670. The average Bonchev–Trinajstić information content (AvgIpc) is 3.38. The zero-order chi connectivity index (χ0) is 33.6. The number of hydrogen-bond acceptors (Lipinski definition) is 10. The Morgan fingerprint density at radius 1 is 1.17 bits per heavy atom. The van der Waals surface area contributed by atoms with Crippen molar-refractivity contribution >= 4 is 38.6 Å². The van der Waals surface area contributed by atoms with Gasteiger partial charge in [0.15, 0.2) is 16.6 Å². The standard InChI is InChI=1S/C32H41N5O9S/c1-22(2)18-26(31(39)34-25-6-5-11-36(21-27(25)38)47(42,43)30-7-3-4-10-33-30)35-32(40)29-20-23-19-24(8-9-28(23)46-29)45-17-14-37(41)12-15-44-16-13-37/h3-4,7-10,19-20,22,25-26H,5-6,11-18,21H2,1-2H3,(H,34,39)(H,35,40)/t25-,26-/m1/s1. The molecule has 2 aromatic heterocycles. The predicted molar refractivity (Wildman–Crippen MR) is 171 cm³/mol. The molecule has 2 N–H and O–H groups in total. The molecule has 0 unspecified atom stereocenters. The second kappa shape index (κ2) is 14.9. The lowest BCUT2D eigenvalue weighted by Gasteiger charge is -2.44. The van der Waals surface area contributed by atoms with Crippen molar-refractivity contribution in [2.75, 3.05) is 52.5 Å². The van der Waals surface area contributed by atoms with Crippen LogP contribution < -0.4 is 15.4 Å². The van der Waals surface area contributed by atoms with Crippen molar-refractivity contribution in [2.45, 2.75) is 50.2 Å². The summed E-state index contributed by atoms with van der Waals surface area (Å²) in [5.74, 6) is -1.04. The van der Waals surface area contributed by atoms with E-state index in [4.69, 9.17) is 13.9 Å². The summed E-state index contributed by atoms with van der Waals surface area (Å²) in [6.45, 7) is 5.71. The van der Waals surface area contributed by atoms with E-state index < -0.39 is 46.2 Å². The summed E-state index contributed by atoms with van der Waals surface area (Å²) in [6, 6.07) is 9.29. The summed E-state index contributed by atoms with van der Waals surface area (Å²) in [6.07, 6.45) is 2.26. The van der Waals surface area contributed by atoms with Crippen molar-refractivity contribution in [1.29, 1.82) is 0 Å². The Labute approximate surface area is 273 Å². The minimum absolute atomic E-state index is 0.00278. The summed E-state index contributed by atoms with van der Waals surface area (Å²) in [4.78, 5) is 43.8. The second-order valence-electron chi connectivity index (χ2n) is 12.3. The molecule has 2 aliphatic rings. The maximum absolute atomic E-state index is 13.4. The number of nitrogens with one attached hydrogen (secondary N) is 2. The first-order chi connectivity index (χ1) is 22.4. The van der Waals surface area contributed by atoms with Crippen LogP contribution in [0.2, 0.25) is 0 Å². The van der Waals surface area contributed by atoms with E-state index in [1.807, 2.05) is 13.8 Å². The maximum atomic E-state index is 13.4. The Morgan fingerprint density at radius 2 is 1.96 bits per heavy atom. The van der Waals surface area contributed by atoms with Crippen molar-refractivity contribution in [2.24, 2.45) is 5.92 Å². The second-order valence-corrected chi connectivity index (χ2v) is 14.2. The number of fused-ring (bicyclic) bond motifs is 1. The quantitative estimate of drug-likeness (QED) is 0.214. The SMILES string of the molecule is CC(C)C[C@@H](NC(=O)c1cc2cc(OCC[N+]3([O-])CCOCC3)ccc2o1)C(=O)N[C@@H]1CCCN(S(=O)(=O)c2ccccn2)CC1=O. The van der Waals surface area contributed by atoms with Crippen molar-refractivity contribution in [3.8, 4) is 5.75 Å². The molecule has 3 aromatic rings. The molecule has 15 heteroatoms. The fourth-order valence-electron chi connectivity index (χ4n) is 5.64. The van der Waals surface area contributed by atoms with Crippen LogP contribution in [-0.2, 0) is 24.3 Å². The summed E-state index contributed by atoms with van der Waals surface area (Å²) in [7, 11) is -3.98. The molecule has 0 aliphatic carbocycles. The van der Waals surface area contributed by atoms with Gasteiger partial charge in [-0.1, -0.05) is 19.9 Å². The molecule has 2 aliphatic heterocycles. The lowest BCUT2D eigenvalue weighted by Crippen LogP contribution is -2.52. The third-order valence-corrected chi connectivity index (χ3v) is 10.0. The van der Waals surface area contributed by atoms with Crippen molar-refractivity contribution < 1.29 is 41.3 Å². The topological polar surface area (TPSA) is 180 Å². The minimum atomic E-state index is -3.98. The molecular formula is C32H41N5O9S. The van der Waals surface area contributed by atoms with Crippen LogP contribution in [0.3, 0.4) is 0 Å². The first-order valence-electron chi connectivity index (χ1n) is 15.8.